The maximum atomic E-state index is 10.0. The van der Waals surface area contributed by atoms with E-state index in [1.165, 1.54) is 0 Å². The largest absolute Gasteiger partial charge is 0.501 e. The van der Waals surface area contributed by atoms with Crippen LogP contribution in [-0.2, 0) is 22.8 Å². The summed E-state index contributed by atoms with van der Waals surface area (Å²) in [6.07, 6.45) is 0.340. The Hall–Kier alpha value is -0.0631. The second kappa shape index (κ2) is 13.2. The molecule has 0 aromatic carbocycles. The lowest BCUT2D eigenvalue weighted by molar-refractivity contribution is -0.0146. The predicted molar refractivity (Wildman–Crippen MR) is 94.1 cm³/mol. The number of aliphatic hydroxyl groups excluding tert-OH is 1. The molecule has 1 aliphatic rings. The third-order valence-electron chi connectivity index (χ3n) is 3.75. The molecule has 7 nitrogen and oxygen atoms in total. The lowest BCUT2D eigenvalue weighted by atomic mass is 10.3. The van der Waals surface area contributed by atoms with Crippen molar-refractivity contribution < 1.29 is 27.9 Å². The maximum absolute atomic E-state index is 10.0. The quantitative estimate of drug-likeness (QED) is 0.366. The molecule has 1 aliphatic heterocycles. The molecule has 24 heavy (non-hydrogen) atoms. The van der Waals surface area contributed by atoms with Crippen LogP contribution in [0.4, 0.5) is 0 Å². The van der Waals surface area contributed by atoms with Crippen molar-refractivity contribution in [2.45, 2.75) is 39.3 Å². The number of ether oxygens (including phenoxy) is 2. The maximum Gasteiger partial charge on any atom is 0.501 e. The van der Waals surface area contributed by atoms with Gasteiger partial charge in [0.25, 0.3) is 0 Å². The van der Waals surface area contributed by atoms with E-state index in [4.69, 9.17) is 22.8 Å². The van der Waals surface area contributed by atoms with Crippen LogP contribution in [0, 0.1) is 0 Å². The van der Waals surface area contributed by atoms with Crippen molar-refractivity contribution in [1.82, 2.24) is 4.90 Å². The highest BCUT2D eigenvalue weighted by Crippen LogP contribution is 2.18. The van der Waals surface area contributed by atoms with Gasteiger partial charge in [-0.05, 0) is 27.2 Å². The van der Waals surface area contributed by atoms with Crippen molar-refractivity contribution in [2.24, 2.45) is 0 Å². The van der Waals surface area contributed by atoms with E-state index in [1.54, 1.807) is 0 Å². The van der Waals surface area contributed by atoms with Gasteiger partial charge < -0.3 is 27.9 Å². The van der Waals surface area contributed by atoms with Gasteiger partial charge >= 0.3 is 8.80 Å². The summed E-state index contributed by atoms with van der Waals surface area (Å²) < 4.78 is 28.3. The van der Waals surface area contributed by atoms with Crippen molar-refractivity contribution >= 4 is 8.80 Å². The highest BCUT2D eigenvalue weighted by molar-refractivity contribution is 6.60. The molecule has 0 aliphatic carbocycles. The molecule has 0 saturated carbocycles. The zero-order chi connectivity index (χ0) is 17.7. The Kier molecular flexibility index (Phi) is 12.1. The summed E-state index contributed by atoms with van der Waals surface area (Å²) in [7, 11) is -2.57. The van der Waals surface area contributed by atoms with Crippen LogP contribution >= 0.6 is 0 Å². The van der Waals surface area contributed by atoms with Crippen LogP contribution in [0.3, 0.4) is 0 Å². The Labute approximate surface area is 147 Å². The highest BCUT2D eigenvalue weighted by Gasteiger charge is 2.39. The van der Waals surface area contributed by atoms with Gasteiger partial charge in [-0.15, -0.1) is 0 Å². The molecule has 1 heterocycles. The summed E-state index contributed by atoms with van der Waals surface area (Å²) in [6, 6.07) is 0.738. The molecule has 0 aromatic heterocycles. The molecule has 8 heteroatoms. The van der Waals surface area contributed by atoms with E-state index in [1.807, 2.05) is 20.8 Å². The van der Waals surface area contributed by atoms with Crippen LogP contribution in [0.15, 0.2) is 0 Å². The van der Waals surface area contributed by atoms with Gasteiger partial charge in [-0.2, -0.15) is 0 Å². The first-order valence-electron chi connectivity index (χ1n) is 9.13. The van der Waals surface area contributed by atoms with Gasteiger partial charge in [0.15, 0.2) is 0 Å². The zero-order valence-electron chi connectivity index (χ0n) is 15.5. The van der Waals surface area contributed by atoms with E-state index in [9.17, 15) is 5.11 Å². The molecule has 1 fully saturated rings. The zero-order valence-corrected chi connectivity index (χ0v) is 16.5. The number of β-amino-alcohol motifs (C(OH)–C–C–N with tert-alkyl or cyclic N) is 1. The van der Waals surface area contributed by atoms with Gasteiger partial charge in [-0.1, -0.05) is 0 Å². The minimum Gasteiger partial charge on any atom is -0.389 e. The minimum atomic E-state index is -2.57. The van der Waals surface area contributed by atoms with Crippen molar-refractivity contribution in [1.29, 1.82) is 0 Å². The summed E-state index contributed by atoms with van der Waals surface area (Å²) in [4.78, 5) is 2.20. The van der Waals surface area contributed by atoms with Gasteiger partial charge in [0.05, 0.1) is 25.9 Å². The first-order valence-corrected chi connectivity index (χ1v) is 11.1. The Morgan fingerprint density at radius 3 is 2.17 bits per heavy atom. The van der Waals surface area contributed by atoms with Crippen LogP contribution in [0.2, 0.25) is 6.04 Å². The molecular formula is C16H35NO6Si. The van der Waals surface area contributed by atoms with Crippen molar-refractivity contribution in [3.05, 3.63) is 0 Å². The molecule has 0 bridgehead atoms. The molecule has 1 unspecified atom stereocenters. The Balaban J connectivity index is 2.19. The van der Waals surface area contributed by atoms with E-state index < -0.39 is 14.9 Å². The van der Waals surface area contributed by atoms with Crippen LogP contribution < -0.4 is 0 Å². The molecule has 1 saturated heterocycles. The number of hydrogen-bond acceptors (Lipinski definition) is 7. The number of aliphatic hydroxyl groups is 1. The molecule has 0 amide bonds. The van der Waals surface area contributed by atoms with E-state index in [-0.39, 0.29) is 0 Å². The lowest BCUT2D eigenvalue weighted by Gasteiger charge is -2.29. The number of morpholine rings is 1. The Morgan fingerprint density at radius 2 is 1.62 bits per heavy atom. The van der Waals surface area contributed by atoms with E-state index in [0.717, 1.165) is 38.8 Å². The Bertz CT molecular complexity index is 287. The third-order valence-corrected chi connectivity index (χ3v) is 6.90. The third kappa shape index (κ3) is 8.86. The minimum absolute atomic E-state index is 0.351. The average molecular weight is 366 g/mol. The fourth-order valence-corrected chi connectivity index (χ4v) is 5.33. The van der Waals surface area contributed by atoms with Gasteiger partial charge in [-0.3, -0.25) is 4.90 Å². The fraction of sp³-hybridized carbons (Fsp3) is 1.00. The average Bonchev–Trinajstić information content (AvgIpc) is 2.56. The van der Waals surface area contributed by atoms with Crippen LogP contribution in [0.5, 0.6) is 0 Å². The molecule has 1 atom stereocenters. The van der Waals surface area contributed by atoms with E-state index >= 15 is 0 Å². The van der Waals surface area contributed by atoms with Gasteiger partial charge in [-0.25, -0.2) is 0 Å². The van der Waals surface area contributed by atoms with Crippen molar-refractivity contribution in [3.8, 4) is 0 Å². The monoisotopic (exact) mass is 365 g/mol. The van der Waals surface area contributed by atoms with Crippen LogP contribution in [0.25, 0.3) is 0 Å². The van der Waals surface area contributed by atoms with Gasteiger partial charge in [0.2, 0.25) is 0 Å². The number of nitrogens with zero attached hydrogens (tertiary/aromatic N) is 1. The first-order chi connectivity index (χ1) is 11.7. The highest BCUT2D eigenvalue weighted by atomic mass is 28.4. The second-order valence-corrected chi connectivity index (χ2v) is 8.46. The van der Waals surface area contributed by atoms with Crippen LogP contribution in [0.1, 0.15) is 27.2 Å². The SMILES string of the molecule is CCO[Si](CCCOCC(O)CN1CCOCC1)(OCC)OCC. The van der Waals surface area contributed by atoms with Crippen molar-refractivity contribution in [2.75, 3.05) is 65.9 Å². The van der Waals surface area contributed by atoms with E-state index in [0.29, 0.717) is 39.6 Å². The lowest BCUT2D eigenvalue weighted by Crippen LogP contribution is -2.46. The normalized spacial score (nSPS) is 18.0. The molecule has 144 valence electrons. The summed E-state index contributed by atoms with van der Waals surface area (Å²) in [6.45, 7) is 12.4. The van der Waals surface area contributed by atoms with Gasteiger partial charge in [0, 0.05) is 52.1 Å². The number of rotatable bonds is 14. The summed E-state index contributed by atoms with van der Waals surface area (Å²) in [5.74, 6) is 0. The molecule has 1 N–H and O–H groups in total. The summed E-state index contributed by atoms with van der Waals surface area (Å²) in [5.41, 5.74) is 0. The topological polar surface area (TPSA) is 69.6 Å². The van der Waals surface area contributed by atoms with E-state index in [2.05, 4.69) is 4.90 Å². The predicted octanol–water partition coefficient (Wildman–Crippen LogP) is 1.13. The summed E-state index contributed by atoms with van der Waals surface area (Å²) >= 11 is 0. The fourth-order valence-electron chi connectivity index (χ4n) is 2.75. The smallest absolute Gasteiger partial charge is 0.389 e. The molecule has 0 radical (unpaired) electrons. The second-order valence-electron chi connectivity index (χ2n) is 5.73. The summed E-state index contributed by atoms with van der Waals surface area (Å²) in [5, 5.41) is 10.0. The van der Waals surface area contributed by atoms with Crippen LogP contribution in [-0.4, -0.2) is 90.8 Å². The first kappa shape index (κ1) is 22.0. The molecular weight excluding hydrogens is 330 g/mol. The van der Waals surface area contributed by atoms with Crippen molar-refractivity contribution in [3.63, 3.8) is 0 Å². The van der Waals surface area contributed by atoms with Gasteiger partial charge in [0.1, 0.15) is 0 Å². The molecule has 0 spiro atoms. The molecule has 1 rings (SSSR count). The molecule has 0 aromatic rings. The standard InChI is InChI=1S/C16H35NO6Si/c1-4-21-24(22-5-2,23-6-3)13-7-10-20-15-16(18)14-17-8-11-19-12-9-17/h16,18H,4-15H2,1-3H3. The Morgan fingerprint density at radius 1 is 1.04 bits per heavy atom. The number of hydrogen-bond donors (Lipinski definition) is 1.